The van der Waals surface area contributed by atoms with Crippen molar-refractivity contribution in [2.24, 2.45) is 0 Å². The highest BCUT2D eigenvalue weighted by Gasteiger charge is 2.26. The standard InChI is InChI=1S/C19H23NO/c1-15-6-5-7-17(12-15)19(2,14-21)13-16-8-10-18(11-9-16)20(3)4/h5-12,14H,13H2,1-4H3. The van der Waals surface area contributed by atoms with E-state index in [4.69, 9.17) is 0 Å². The Bertz CT molecular complexity index is 616. The predicted molar refractivity (Wildman–Crippen MR) is 89.1 cm³/mol. The number of benzene rings is 2. The number of anilines is 1. The van der Waals surface area contributed by atoms with Crippen molar-refractivity contribution >= 4 is 12.0 Å². The van der Waals surface area contributed by atoms with Crippen LogP contribution >= 0.6 is 0 Å². The number of aryl methyl sites for hydroxylation is 1. The first-order valence-electron chi connectivity index (χ1n) is 7.24. The first-order chi connectivity index (χ1) is 9.94. The summed E-state index contributed by atoms with van der Waals surface area (Å²) in [5.41, 5.74) is 4.13. The number of carbonyl (C=O) groups is 1. The van der Waals surface area contributed by atoms with Crippen LogP contribution < -0.4 is 4.90 Å². The van der Waals surface area contributed by atoms with Crippen LogP contribution in [-0.2, 0) is 16.6 Å². The van der Waals surface area contributed by atoms with Gasteiger partial charge in [-0.1, -0.05) is 42.0 Å². The van der Waals surface area contributed by atoms with E-state index in [1.54, 1.807) is 0 Å². The molecule has 0 saturated carbocycles. The number of nitrogens with zero attached hydrogens (tertiary/aromatic N) is 1. The fourth-order valence-corrected chi connectivity index (χ4v) is 2.55. The largest absolute Gasteiger partial charge is 0.378 e. The first-order valence-corrected chi connectivity index (χ1v) is 7.24. The molecule has 1 unspecified atom stereocenters. The zero-order valence-electron chi connectivity index (χ0n) is 13.3. The van der Waals surface area contributed by atoms with Gasteiger partial charge in [0, 0.05) is 19.8 Å². The van der Waals surface area contributed by atoms with E-state index in [2.05, 4.69) is 48.2 Å². The monoisotopic (exact) mass is 281 g/mol. The summed E-state index contributed by atoms with van der Waals surface area (Å²) in [5, 5.41) is 0. The minimum Gasteiger partial charge on any atom is -0.378 e. The molecule has 0 radical (unpaired) electrons. The maximum Gasteiger partial charge on any atom is 0.130 e. The maximum atomic E-state index is 11.7. The van der Waals surface area contributed by atoms with E-state index in [0.29, 0.717) is 6.42 Å². The van der Waals surface area contributed by atoms with Crippen LogP contribution in [0.2, 0.25) is 0 Å². The Morgan fingerprint density at radius 1 is 1.10 bits per heavy atom. The molecule has 0 aliphatic carbocycles. The van der Waals surface area contributed by atoms with Gasteiger partial charge in [0.05, 0.1) is 5.41 Å². The molecule has 0 saturated heterocycles. The summed E-state index contributed by atoms with van der Waals surface area (Å²) in [6.45, 7) is 4.06. The molecule has 0 spiro atoms. The van der Waals surface area contributed by atoms with E-state index < -0.39 is 5.41 Å². The molecule has 0 aliphatic rings. The van der Waals surface area contributed by atoms with Crippen LogP contribution in [0, 0.1) is 6.92 Å². The van der Waals surface area contributed by atoms with Gasteiger partial charge < -0.3 is 9.69 Å². The number of aldehydes is 1. The molecule has 0 aliphatic heterocycles. The van der Waals surface area contributed by atoms with Gasteiger partial charge in [0.25, 0.3) is 0 Å². The van der Waals surface area contributed by atoms with Crippen LogP contribution in [0.4, 0.5) is 5.69 Å². The molecule has 21 heavy (non-hydrogen) atoms. The van der Waals surface area contributed by atoms with Crippen molar-refractivity contribution in [2.75, 3.05) is 19.0 Å². The molecule has 2 nitrogen and oxygen atoms in total. The summed E-state index contributed by atoms with van der Waals surface area (Å²) < 4.78 is 0. The lowest BCUT2D eigenvalue weighted by Gasteiger charge is -2.24. The normalized spacial score (nSPS) is 13.5. The summed E-state index contributed by atoms with van der Waals surface area (Å²) in [7, 11) is 4.05. The van der Waals surface area contributed by atoms with Crippen LogP contribution in [0.3, 0.4) is 0 Å². The molecule has 2 aromatic carbocycles. The van der Waals surface area contributed by atoms with Gasteiger partial charge >= 0.3 is 0 Å². The summed E-state index contributed by atoms with van der Waals surface area (Å²) in [6, 6.07) is 16.6. The SMILES string of the molecule is Cc1cccc(C(C)(C=O)Cc2ccc(N(C)C)cc2)c1. The molecule has 0 amide bonds. The van der Waals surface area contributed by atoms with Crippen molar-refractivity contribution in [3.8, 4) is 0 Å². The quantitative estimate of drug-likeness (QED) is 0.778. The Morgan fingerprint density at radius 2 is 1.76 bits per heavy atom. The van der Waals surface area contributed by atoms with E-state index in [9.17, 15) is 4.79 Å². The van der Waals surface area contributed by atoms with Gasteiger partial charge in [-0.2, -0.15) is 0 Å². The van der Waals surface area contributed by atoms with Crippen LogP contribution in [0.5, 0.6) is 0 Å². The molecule has 110 valence electrons. The van der Waals surface area contributed by atoms with E-state index in [1.165, 1.54) is 16.8 Å². The van der Waals surface area contributed by atoms with Gasteiger partial charge in [0.1, 0.15) is 6.29 Å². The van der Waals surface area contributed by atoms with E-state index in [0.717, 1.165) is 11.8 Å². The Hall–Kier alpha value is -2.09. The Labute approximate surface area is 127 Å². The lowest BCUT2D eigenvalue weighted by molar-refractivity contribution is -0.112. The summed E-state index contributed by atoms with van der Waals surface area (Å²) in [6.07, 6.45) is 1.79. The van der Waals surface area contributed by atoms with E-state index in [-0.39, 0.29) is 0 Å². The smallest absolute Gasteiger partial charge is 0.130 e. The molecule has 1 atom stereocenters. The van der Waals surface area contributed by atoms with Crippen molar-refractivity contribution in [1.29, 1.82) is 0 Å². The molecule has 2 heteroatoms. The van der Waals surface area contributed by atoms with Crippen LogP contribution in [0.15, 0.2) is 48.5 Å². The van der Waals surface area contributed by atoms with Gasteiger partial charge in [-0.3, -0.25) is 0 Å². The molecule has 0 aromatic heterocycles. The van der Waals surface area contributed by atoms with Gasteiger partial charge in [-0.05, 0) is 43.5 Å². The van der Waals surface area contributed by atoms with Crippen molar-refractivity contribution in [2.45, 2.75) is 25.7 Å². The lowest BCUT2D eigenvalue weighted by Crippen LogP contribution is -2.27. The molecule has 2 rings (SSSR count). The third kappa shape index (κ3) is 3.52. The second-order valence-corrected chi connectivity index (χ2v) is 6.14. The fraction of sp³-hybridized carbons (Fsp3) is 0.316. The van der Waals surface area contributed by atoms with E-state index in [1.807, 2.05) is 33.2 Å². The Balaban J connectivity index is 2.27. The zero-order valence-corrected chi connectivity index (χ0v) is 13.3. The lowest BCUT2D eigenvalue weighted by atomic mass is 9.78. The van der Waals surface area contributed by atoms with Gasteiger partial charge in [0.15, 0.2) is 0 Å². The predicted octanol–water partition coefficient (Wildman–Crippen LogP) is 3.76. The zero-order chi connectivity index (χ0) is 15.5. The molecule has 0 heterocycles. The Kier molecular flexibility index (Phi) is 4.46. The van der Waals surface area contributed by atoms with Crippen molar-refractivity contribution in [1.82, 2.24) is 0 Å². The van der Waals surface area contributed by atoms with Crippen LogP contribution in [0.25, 0.3) is 0 Å². The van der Waals surface area contributed by atoms with Crippen LogP contribution in [-0.4, -0.2) is 20.4 Å². The topological polar surface area (TPSA) is 20.3 Å². The number of rotatable bonds is 5. The minimum absolute atomic E-state index is 0.481. The first kappa shape index (κ1) is 15.3. The maximum absolute atomic E-state index is 11.7. The number of carbonyl (C=O) groups excluding carboxylic acids is 1. The molecule has 2 aromatic rings. The summed E-state index contributed by atoms with van der Waals surface area (Å²) in [4.78, 5) is 13.8. The minimum atomic E-state index is -0.481. The second-order valence-electron chi connectivity index (χ2n) is 6.14. The van der Waals surface area contributed by atoms with Crippen LogP contribution in [0.1, 0.15) is 23.6 Å². The van der Waals surface area contributed by atoms with Gasteiger partial charge in [-0.15, -0.1) is 0 Å². The molecular weight excluding hydrogens is 258 g/mol. The van der Waals surface area contributed by atoms with Gasteiger partial charge in [0.2, 0.25) is 0 Å². The molecular formula is C19H23NO. The highest BCUT2D eigenvalue weighted by atomic mass is 16.1. The molecule has 0 bridgehead atoms. The average Bonchev–Trinajstić information content (AvgIpc) is 2.47. The van der Waals surface area contributed by atoms with Crippen molar-refractivity contribution < 1.29 is 4.79 Å². The van der Waals surface area contributed by atoms with E-state index >= 15 is 0 Å². The highest BCUT2D eigenvalue weighted by molar-refractivity contribution is 5.69. The van der Waals surface area contributed by atoms with Crippen molar-refractivity contribution in [3.05, 3.63) is 65.2 Å². The number of hydrogen-bond donors (Lipinski definition) is 0. The fourth-order valence-electron chi connectivity index (χ4n) is 2.55. The molecule has 0 N–H and O–H groups in total. The average molecular weight is 281 g/mol. The summed E-state index contributed by atoms with van der Waals surface area (Å²) in [5.74, 6) is 0. The number of hydrogen-bond acceptors (Lipinski definition) is 2. The Morgan fingerprint density at radius 3 is 2.29 bits per heavy atom. The highest BCUT2D eigenvalue weighted by Crippen LogP contribution is 2.27. The second kappa shape index (κ2) is 6.13. The van der Waals surface area contributed by atoms with Gasteiger partial charge in [-0.25, -0.2) is 0 Å². The molecule has 0 fully saturated rings. The summed E-state index contributed by atoms with van der Waals surface area (Å²) >= 11 is 0. The third-order valence-corrected chi connectivity index (χ3v) is 3.96. The third-order valence-electron chi connectivity index (χ3n) is 3.96. The van der Waals surface area contributed by atoms with Crippen molar-refractivity contribution in [3.63, 3.8) is 0 Å².